The molecule has 0 spiro atoms. The zero-order chi connectivity index (χ0) is 42.1. The average molecular weight is 800 g/mol. The Morgan fingerprint density at radius 1 is 1.03 bits per heavy atom. The average Bonchev–Trinajstić information content (AvgIpc) is 3.53. The molecule has 0 saturated heterocycles. The van der Waals surface area contributed by atoms with Crippen LogP contribution in [0.2, 0.25) is 0 Å². The molecule has 7 nitrogen and oxygen atoms in total. The Bertz CT molecular complexity index is 1910. The van der Waals surface area contributed by atoms with Crippen LogP contribution >= 0.6 is 0 Å². The van der Waals surface area contributed by atoms with Gasteiger partial charge in [0.05, 0.1) is 25.4 Å². The first-order valence-electron chi connectivity index (χ1n) is 22.1. The molecular formula is C52H69N3O4. The Morgan fingerprint density at radius 3 is 2.53 bits per heavy atom. The summed E-state index contributed by atoms with van der Waals surface area (Å²) < 4.78 is 12.3. The highest BCUT2D eigenvalue weighted by Crippen LogP contribution is 2.47. The van der Waals surface area contributed by atoms with Crippen LogP contribution in [0.5, 0.6) is 0 Å². The summed E-state index contributed by atoms with van der Waals surface area (Å²) >= 11 is 0. The van der Waals surface area contributed by atoms with E-state index >= 15 is 0 Å². The molecule has 1 heterocycles. The largest absolute Gasteiger partial charge is 0.377 e. The third-order valence-corrected chi connectivity index (χ3v) is 12.4. The Balaban J connectivity index is 1.34. The van der Waals surface area contributed by atoms with Gasteiger partial charge in [-0.2, -0.15) is 0 Å². The number of allylic oxidation sites excluding steroid dienone is 3. The number of aryl methyl sites for hydroxylation is 1. The normalized spacial score (nSPS) is 18.4. The fraction of sp³-hybridized carbons (Fsp3) is 0.462. The molecule has 3 aromatic carbocycles. The minimum absolute atomic E-state index is 0.0471. The number of amides is 1. The monoisotopic (exact) mass is 800 g/mol. The van der Waals surface area contributed by atoms with E-state index in [1.807, 2.05) is 42.5 Å². The molecule has 1 aliphatic carbocycles. The molecule has 3 aromatic rings. The molecule has 5 atom stereocenters. The van der Waals surface area contributed by atoms with Gasteiger partial charge in [0.15, 0.2) is 0 Å². The van der Waals surface area contributed by atoms with Crippen LogP contribution in [-0.4, -0.2) is 50.1 Å². The summed E-state index contributed by atoms with van der Waals surface area (Å²) in [4.78, 5) is 28.0. The van der Waals surface area contributed by atoms with Crippen LogP contribution in [0.15, 0.2) is 109 Å². The maximum absolute atomic E-state index is 14.3. The first-order valence-corrected chi connectivity index (χ1v) is 22.1. The van der Waals surface area contributed by atoms with Crippen molar-refractivity contribution >= 4 is 29.6 Å². The molecule has 1 amide bonds. The molecule has 1 fully saturated rings. The summed E-state index contributed by atoms with van der Waals surface area (Å²) in [5, 5.41) is 7.07. The Morgan fingerprint density at radius 2 is 1.83 bits per heavy atom. The van der Waals surface area contributed by atoms with Gasteiger partial charge in [0, 0.05) is 47.7 Å². The van der Waals surface area contributed by atoms with Crippen LogP contribution in [-0.2, 0) is 27.3 Å². The van der Waals surface area contributed by atoms with Crippen molar-refractivity contribution in [1.29, 1.82) is 0 Å². The third kappa shape index (κ3) is 12.6. The lowest BCUT2D eigenvalue weighted by molar-refractivity contribution is -0.104. The van der Waals surface area contributed by atoms with Gasteiger partial charge in [-0.05, 0) is 124 Å². The molecule has 5 rings (SSSR count). The lowest BCUT2D eigenvalue weighted by atomic mass is 9.78. The van der Waals surface area contributed by atoms with E-state index in [4.69, 9.17) is 9.47 Å². The number of nitrogens with one attached hydrogen (secondary N) is 2. The van der Waals surface area contributed by atoms with E-state index in [0.29, 0.717) is 43.1 Å². The van der Waals surface area contributed by atoms with E-state index in [1.54, 1.807) is 0 Å². The van der Waals surface area contributed by atoms with Gasteiger partial charge in [0.1, 0.15) is 6.29 Å². The number of carbonyl (C=O) groups excluding carboxylic acids is 2. The van der Waals surface area contributed by atoms with Crippen molar-refractivity contribution in [2.45, 2.75) is 124 Å². The fourth-order valence-electron chi connectivity index (χ4n) is 8.54. The summed E-state index contributed by atoms with van der Waals surface area (Å²) in [7, 11) is 0. The van der Waals surface area contributed by atoms with Crippen molar-refractivity contribution in [1.82, 2.24) is 5.32 Å². The molecule has 1 aliphatic heterocycles. The number of rotatable bonds is 24. The summed E-state index contributed by atoms with van der Waals surface area (Å²) in [5.41, 5.74) is 9.43. The number of benzene rings is 3. The lowest BCUT2D eigenvalue weighted by Gasteiger charge is -2.36. The van der Waals surface area contributed by atoms with Gasteiger partial charge >= 0.3 is 0 Å². The predicted molar refractivity (Wildman–Crippen MR) is 246 cm³/mol. The fourth-order valence-corrected chi connectivity index (χ4v) is 8.54. The first-order chi connectivity index (χ1) is 28.7. The second kappa shape index (κ2) is 23.2. The first kappa shape index (κ1) is 45.4. The van der Waals surface area contributed by atoms with Crippen LogP contribution in [0.4, 0.5) is 11.4 Å². The van der Waals surface area contributed by atoms with Crippen molar-refractivity contribution < 1.29 is 19.1 Å². The number of hydrogen-bond donors (Lipinski definition) is 2. The summed E-state index contributed by atoms with van der Waals surface area (Å²) in [6.45, 7) is 20.3. The molecular weight excluding hydrogens is 731 g/mol. The molecule has 1 saturated carbocycles. The van der Waals surface area contributed by atoms with Gasteiger partial charge in [-0.15, -0.1) is 0 Å². The molecule has 59 heavy (non-hydrogen) atoms. The second-order valence-electron chi connectivity index (χ2n) is 16.5. The molecule has 7 heteroatoms. The van der Waals surface area contributed by atoms with Crippen molar-refractivity contribution in [3.63, 3.8) is 0 Å². The number of nitrogens with zero attached hydrogens (tertiary/aromatic N) is 1. The van der Waals surface area contributed by atoms with E-state index in [0.717, 1.165) is 98.0 Å². The van der Waals surface area contributed by atoms with Crippen LogP contribution < -0.4 is 15.5 Å². The van der Waals surface area contributed by atoms with E-state index in [9.17, 15) is 9.59 Å². The zero-order valence-corrected chi connectivity index (χ0v) is 36.6. The van der Waals surface area contributed by atoms with Gasteiger partial charge < -0.3 is 25.0 Å². The molecule has 316 valence electrons. The van der Waals surface area contributed by atoms with Crippen LogP contribution in [0.1, 0.15) is 125 Å². The summed E-state index contributed by atoms with van der Waals surface area (Å²) in [6, 6.07) is 22.8. The zero-order valence-electron chi connectivity index (χ0n) is 36.6. The Hall–Kier alpha value is -4.72. The van der Waals surface area contributed by atoms with E-state index in [2.05, 4.69) is 112 Å². The van der Waals surface area contributed by atoms with Crippen molar-refractivity contribution in [2.75, 3.05) is 30.0 Å². The van der Waals surface area contributed by atoms with E-state index in [1.165, 1.54) is 17.2 Å². The summed E-state index contributed by atoms with van der Waals surface area (Å²) in [5.74, 6) is 1.07. The molecule has 2 aliphatic rings. The SMILES string of the molecule is C=C(Nc1ccc(/C=C/C=O)cc1CCCOCc1ccccc1)C(NC(=O)c1ccc2c(c1)N(CCOC(C)/C=C(\C)CC)C(C/C=C\C)C2C(C)CC)C1CCC1. The highest BCUT2D eigenvalue weighted by atomic mass is 16.5. The van der Waals surface area contributed by atoms with Crippen molar-refractivity contribution in [2.24, 2.45) is 11.8 Å². The molecule has 2 N–H and O–H groups in total. The smallest absolute Gasteiger partial charge is 0.251 e. The van der Waals surface area contributed by atoms with Gasteiger partial charge in [0.2, 0.25) is 0 Å². The maximum Gasteiger partial charge on any atom is 0.251 e. The van der Waals surface area contributed by atoms with Crippen molar-refractivity contribution in [3.05, 3.63) is 137 Å². The van der Waals surface area contributed by atoms with E-state index in [-0.39, 0.29) is 24.1 Å². The maximum atomic E-state index is 14.3. The number of anilines is 2. The number of aldehydes is 1. The van der Waals surface area contributed by atoms with Gasteiger partial charge in [-0.3, -0.25) is 9.59 Å². The van der Waals surface area contributed by atoms with Crippen LogP contribution in [0, 0.1) is 11.8 Å². The van der Waals surface area contributed by atoms with Crippen LogP contribution in [0.25, 0.3) is 6.08 Å². The number of carbonyl (C=O) groups is 2. The second-order valence-corrected chi connectivity index (χ2v) is 16.5. The molecule has 5 unspecified atom stereocenters. The van der Waals surface area contributed by atoms with Gasteiger partial charge in [-0.1, -0.05) is 113 Å². The topological polar surface area (TPSA) is 79.9 Å². The Labute approximate surface area is 355 Å². The highest BCUT2D eigenvalue weighted by molar-refractivity contribution is 5.96. The standard InChI is InChI=1S/C52H69N3O4/c1-8-11-24-48-50(38(5)10-3)46-27-26-45(35-49(46)55(48)29-32-59-39(6)33-37(4)9-2)52(57)54-51(43-21-15-22-43)40(7)53-47-28-25-41(20-16-30-56)34-44(47)23-17-31-58-36-42-18-13-12-14-19-42/h8,11-14,16,18-20,25-28,30,33-35,38-39,43,48,50-51,53H,7,9-10,15,17,21-24,29,31-32,36H2,1-6H3,(H,54,57)/b11-8-,20-16+,37-33+. The highest BCUT2D eigenvalue weighted by Gasteiger charge is 2.40. The minimum Gasteiger partial charge on any atom is -0.377 e. The van der Waals surface area contributed by atoms with Gasteiger partial charge in [0.25, 0.3) is 5.91 Å². The number of hydrogen-bond acceptors (Lipinski definition) is 6. The predicted octanol–water partition coefficient (Wildman–Crippen LogP) is 11.6. The quantitative estimate of drug-likeness (QED) is 0.0407. The number of fused-ring (bicyclic) bond motifs is 1. The van der Waals surface area contributed by atoms with Gasteiger partial charge in [-0.25, -0.2) is 0 Å². The molecule has 0 radical (unpaired) electrons. The van der Waals surface area contributed by atoms with E-state index < -0.39 is 0 Å². The van der Waals surface area contributed by atoms with Crippen LogP contribution in [0.3, 0.4) is 0 Å². The van der Waals surface area contributed by atoms with Crippen molar-refractivity contribution in [3.8, 4) is 0 Å². The number of ether oxygens (including phenoxy) is 2. The third-order valence-electron chi connectivity index (χ3n) is 12.4. The molecule has 0 bridgehead atoms. The minimum atomic E-state index is -0.234. The summed E-state index contributed by atoms with van der Waals surface area (Å²) in [6.07, 6.45) is 18.7. The lowest BCUT2D eigenvalue weighted by Crippen LogP contribution is -2.45. The molecule has 0 aromatic heterocycles. The Kier molecular flexibility index (Phi) is 17.8.